The summed E-state index contributed by atoms with van der Waals surface area (Å²) in [7, 11) is 0. The van der Waals surface area contributed by atoms with Crippen LogP contribution >= 0.6 is 11.6 Å². The molecule has 0 aliphatic heterocycles. The highest BCUT2D eigenvalue weighted by Gasteiger charge is 2.16. The van der Waals surface area contributed by atoms with Crippen molar-refractivity contribution in [1.29, 1.82) is 0 Å². The van der Waals surface area contributed by atoms with Gasteiger partial charge in [-0.25, -0.2) is 4.68 Å². The van der Waals surface area contributed by atoms with E-state index in [9.17, 15) is 4.79 Å². The van der Waals surface area contributed by atoms with Gasteiger partial charge in [0.15, 0.2) is 0 Å². The number of anilines is 1. The molecule has 5 nitrogen and oxygen atoms in total. The van der Waals surface area contributed by atoms with Crippen LogP contribution in [0.3, 0.4) is 0 Å². The molecule has 4 rings (SSSR count). The second-order valence-corrected chi connectivity index (χ2v) is 6.69. The second kappa shape index (κ2) is 7.66. The third-order valence-corrected chi connectivity index (χ3v) is 4.58. The normalized spacial score (nSPS) is 10.6. The first-order valence-corrected chi connectivity index (χ1v) is 9.14. The molecule has 0 aliphatic rings. The number of nitrogens with one attached hydrogen (secondary N) is 1. The maximum Gasteiger partial charge on any atom is 0.258 e. The van der Waals surface area contributed by atoms with Crippen LogP contribution < -0.4 is 5.32 Å². The molecule has 4 aromatic rings. The quantitative estimate of drug-likeness (QED) is 0.526. The zero-order valence-corrected chi connectivity index (χ0v) is 15.9. The van der Waals surface area contributed by atoms with Crippen molar-refractivity contribution in [3.63, 3.8) is 0 Å². The van der Waals surface area contributed by atoms with E-state index in [1.54, 1.807) is 23.0 Å². The number of halogens is 1. The molecule has 0 radical (unpaired) electrons. The fourth-order valence-electron chi connectivity index (χ4n) is 2.93. The van der Waals surface area contributed by atoms with Crippen LogP contribution in [0.4, 0.5) is 5.82 Å². The number of pyridine rings is 1. The summed E-state index contributed by atoms with van der Waals surface area (Å²) in [4.78, 5) is 17.3. The monoisotopic (exact) mass is 388 g/mol. The van der Waals surface area contributed by atoms with Gasteiger partial charge in [0.25, 0.3) is 5.91 Å². The molecule has 2 aromatic carbocycles. The van der Waals surface area contributed by atoms with Crippen molar-refractivity contribution in [2.45, 2.75) is 6.92 Å². The minimum atomic E-state index is -0.306. The van der Waals surface area contributed by atoms with Crippen LogP contribution in [0, 0.1) is 6.92 Å². The number of amides is 1. The number of nitrogens with zero attached hydrogens (tertiary/aromatic N) is 3. The molecule has 28 heavy (non-hydrogen) atoms. The molecule has 0 aliphatic carbocycles. The van der Waals surface area contributed by atoms with Gasteiger partial charge in [-0.3, -0.25) is 9.78 Å². The van der Waals surface area contributed by atoms with Crippen molar-refractivity contribution in [2.24, 2.45) is 0 Å². The van der Waals surface area contributed by atoms with Crippen molar-refractivity contribution < 1.29 is 4.79 Å². The molecule has 138 valence electrons. The van der Waals surface area contributed by atoms with Crippen molar-refractivity contribution in [3.05, 3.63) is 95.3 Å². The third kappa shape index (κ3) is 3.66. The van der Waals surface area contributed by atoms with E-state index in [0.29, 0.717) is 16.4 Å². The summed E-state index contributed by atoms with van der Waals surface area (Å²) in [5.74, 6) is 0.271. The highest BCUT2D eigenvalue weighted by molar-refractivity contribution is 6.34. The first kappa shape index (κ1) is 17.9. The average molecular weight is 389 g/mol. The summed E-state index contributed by atoms with van der Waals surface area (Å²) in [6.45, 7) is 1.88. The van der Waals surface area contributed by atoms with E-state index in [1.165, 1.54) is 0 Å². The van der Waals surface area contributed by atoms with Gasteiger partial charge in [0.05, 0.1) is 27.7 Å². The Bertz CT molecular complexity index is 1120. The standard InChI is InChI=1S/C22H17ClN4O/c1-15-13-21(27(26-15)17-7-3-2-4-8-17)25-22(28)18-14-16(10-11-19(18)23)20-9-5-6-12-24-20/h2-14H,1H3,(H,25,28). The Kier molecular flexibility index (Phi) is 4.91. The molecule has 2 heterocycles. The fourth-order valence-corrected chi connectivity index (χ4v) is 3.13. The fraction of sp³-hybridized carbons (Fsp3) is 0.0455. The van der Waals surface area contributed by atoms with E-state index < -0.39 is 0 Å². The molecule has 0 bridgehead atoms. The zero-order valence-electron chi connectivity index (χ0n) is 15.1. The summed E-state index contributed by atoms with van der Waals surface area (Å²) in [6.07, 6.45) is 1.71. The molecule has 0 saturated carbocycles. The number of carbonyl (C=O) groups is 1. The van der Waals surface area contributed by atoms with Gasteiger partial charge in [-0.05, 0) is 43.3 Å². The Morgan fingerprint density at radius 2 is 1.79 bits per heavy atom. The first-order valence-electron chi connectivity index (χ1n) is 8.76. The Morgan fingerprint density at radius 3 is 2.54 bits per heavy atom. The lowest BCUT2D eigenvalue weighted by atomic mass is 10.1. The number of rotatable bonds is 4. The predicted molar refractivity (Wildman–Crippen MR) is 111 cm³/mol. The predicted octanol–water partition coefficient (Wildman–Crippen LogP) is 5.15. The molecule has 2 aromatic heterocycles. The highest BCUT2D eigenvalue weighted by Crippen LogP contribution is 2.25. The minimum Gasteiger partial charge on any atom is -0.306 e. The molecule has 0 atom stereocenters. The molecule has 0 spiro atoms. The molecule has 1 amide bonds. The number of hydrogen-bond acceptors (Lipinski definition) is 3. The molecule has 0 fully saturated rings. The lowest BCUT2D eigenvalue weighted by molar-refractivity contribution is 0.102. The van der Waals surface area contributed by atoms with Crippen LogP contribution in [0.2, 0.25) is 5.02 Å². The van der Waals surface area contributed by atoms with Crippen molar-refractivity contribution in [2.75, 3.05) is 5.32 Å². The van der Waals surface area contributed by atoms with E-state index in [4.69, 9.17) is 11.6 Å². The van der Waals surface area contributed by atoms with Crippen LogP contribution in [-0.2, 0) is 0 Å². The summed E-state index contributed by atoms with van der Waals surface area (Å²) in [5.41, 5.74) is 3.64. The van der Waals surface area contributed by atoms with Crippen LogP contribution in [0.5, 0.6) is 0 Å². The number of aromatic nitrogens is 3. The lowest BCUT2D eigenvalue weighted by Crippen LogP contribution is -2.15. The maximum atomic E-state index is 13.0. The molecule has 6 heteroatoms. The van der Waals surface area contributed by atoms with Crippen LogP contribution in [-0.4, -0.2) is 20.7 Å². The third-order valence-electron chi connectivity index (χ3n) is 4.25. The largest absolute Gasteiger partial charge is 0.306 e. The number of benzene rings is 2. The second-order valence-electron chi connectivity index (χ2n) is 6.28. The zero-order chi connectivity index (χ0) is 19.5. The van der Waals surface area contributed by atoms with Gasteiger partial charge < -0.3 is 5.32 Å². The highest BCUT2D eigenvalue weighted by atomic mass is 35.5. The Labute approximate surface area is 167 Å². The van der Waals surface area contributed by atoms with Gasteiger partial charge in [0, 0.05) is 17.8 Å². The summed E-state index contributed by atoms with van der Waals surface area (Å²) in [6, 6.07) is 22.4. The van der Waals surface area contributed by atoms with Crippen molar-refractivity contribution >= 4 is 23.3 Å². The van der Waals surface area contributed by atoms with Crippen molar-refractivity contribution in [3.8, 4) is 16.9 Å². The number of carbonyl (C=O) groups excluding carboxylic acids is 1. The van der Waals surface area contributed by atoms with E-state index in [0.717, 1.165) is 22.6 Å². The summed E-state index contributed by atoms with van der Waals surface area (Å²) >= 11 is 6.30. The van der Waals surface area contributed by atoms with E-state index in [2.05, 4.69) is 15.4 Å². The van der Waals surface area contributed by atoms with E-state index >= 15 is 0 Å². The number of aryl methyl sites for hydroxylation is 1. The molecule has 1 N–H and O–H groups in total. The molecular weight excluding hydrogens is 372 g/mol. The maximum absolute atomic E-state index is 13.0. The average Bonchev–Trinajstić information content (AvgIpc) is 3.09. The first-order chi connectivity index (χ1) is 13.6. The van der Waals surface area contributed by atoms with Crippen LogP contribution in [0.1, 0.15) is 16.1 Å². The van der Waals surface area contributed by atoms with Gasteiger partial charge in [0.1, 0.15) is 5.82 Å². The Hall–Kier alpha value is -3.44. The number of hydrogen-bond donors (Lipinski definition) is 1. The SMILES string of the molecule is Cc1cc(NC(=O)c2cc(-c3ccccn3)ccc2Cl)n(-c2ccccc2)n1. The Morgan fingerprint density at radius 1 is 1.00 bits per heavy atom. The van der Waals surface area contributed by atoms with Gasteiger partial charge >= 0.3 is 0 Å². The topological polar surface area (TPSA) is 59.8 Å². The molecule has 0 saturated heterocycles. The van der Waals surface area contributed by atoms with Gasteiger partial charge in [-0.2, -0.15) is 5.10 Å². The van der Waals surface area contributed by atoms with Gasteiger partial charge in [-0.15, -0.1) is 0 Å². The number of para-hydroxylation sites is 1. The summed E-state index contributed by atoms with van der Waals surface area (Å²) in [5, 5.41) is 7.77. The minimum absolute atomic E-state index is 0.306. The lowest BCUT2D eigenvalue weighted by Gasteiger charge is -2.11. The smallest absolute Gasteiger partial charge is 0.258 e. The Balaban J connectivity index is 1.67. The van der Waals surface area contributed by atoms with Crippen LogP contribution in [0.15, 0.2) is 79.0 Å². The van der Waals surface area contributed by atoms with E-state index in [1.807, 2.05) is 67.6 Å². The van der Waals surface area contributed by atoms with E-state index in [-0.39, 0.29) is 5.91 Å². The summed E-state index contributed by atoms with van der Waals surface area (Å²) < 4.78 is 1.70. The molecular formula is C22H17ClN4O. The van der Waals surface area contributed by atoms with Crippen LogP contribution in [0.25, 0.3) is 16.9 Å². The van der Waals surface area contributed by atoms with Gasteiger partial charge in [0.2, 0.25) is 0 Å². The van der Waals surface area contributed by atoms with Gasteiger partial charge in [-0.1, -0.05) is 41.9 Å². The van der Waals surface area contributed by atoms with Crippen molar-refractivity contribution in [1.82, 2.24) is 14.8 Å². The molecule has 0 unspecified atom stereocenters.